The predicted molar refractivity (Wildman–Crippen MR) is 101 cm³/mol. The van der Waals surface area contributed by atoms with Gasteiger partial charge >= 0.3 is 5.97 Å². The van der Waals surface area contributed by atoms with E-state index in [1.807, 2.05) is 53.1 Å². The molecule has 0 aliphatic carbocycles. The zero-order valence-corrected chi connectivity index (χ0v) is 14.7. The number of esters is 1. The molecule has 0 radical (unpaired) electrons. The molecule has 0 fully saturated rings. The second kappa shape index (κ2) is 6.92. The van der Waals surface area contributed by atoms with Crippen molar-refractivity contribution in [2.24, 2.45) is 0 Å². The number of fused-ring (bicyclic) bond motifs is 1. The Kier molecular flexibility index (Phi) is 4.30. The summed E-state index contributed by atoms with van der Waals surface area (Å²) in [6, 6.07) is 18.9. The van der Waals surface area contributed by atoms with Crippen LogP contribution >= 0.6 is 0 Å². The Bertz CT molecular complexity index is 1110. The first-order valence-corrected chi connectivity index (χ1v) is 8.48. The molecule has 27 heavy (non-hydrogen) atoms. The molecule has 2 aliphatic heterocycles. The lowest BCUT2D eigenvalue weighted by Crippen LogP contribution is -2.15. The molecule has 0 aromatic heterocycles. The highest BCUT2D eigenvalue weighted by molar-refractivity contribution is 5.96. The van der Waals surface area contributed by atoms with Crippen LogP contribution in [0.2, 0.25) is 0 Å². The van der Waals surface area contributed by atoms with Gasteiger partial charge in [-0.05, 0) is 17.7 Å². The van der Waals surface area contributed by atoms with Crippen LogP contribution in [0, 0.1) is 0 Å². The van der Waals surface area contributed by atoms with Gasteiger partial charge in [-0.1, -0.05) is 48.5 Å². The molecule has 2 heterocycles. The van der Waals surface area contributed by atoms with Crippen LogP contribution in [0.1, 0.15) is 15.9 Å². The second-order valence-corrected chi connectivity index (χ2v) is 6.14. The van der Waals surface area contributed by atoms with Gasteiger partial charge in [-0.2, -0.15) is 9.78 Å². The summed E-state index contributed by atoms with van der Waals surface area (Å²) < 4.78 is 8.02. The van der Waals surface area contributed by atoms with Gasteiger partial charge in [0.2, 0.25) is 0 Å². The van der Waals surface area contributed by atoms with Gasteiger partial charge in [0.05, 0.1) is 18.4 Å². The van der Waals surface area contributed by atoms with E-state index in [1.165, 1.54) is 11.8 Å². The van der Waals surface area contributed by atoms with Crippen LogP contribution in [0.4, 0.5) is 0 Å². The van der Waals surface area contributed by atoms with Crippen molar-refractivity contribution >= 4 is 5.97 Å². The van der Waals surface area contributed by atoms with Gasteiger partial charge in [0.25, 0.3) is 5.56 Å². The first-order valence-electron chi connectivity index (χ1n) is 8.48. The van der Waals surface area contributed by atoms with Crippen LogP contribution in [-0.4, -0.2) is 27.4 Å². The van der Waals surface area contributed by atoms with Crippen molar-refractivity contribution in [2.75, 3.05) is 7.11 Å². The van der Waals surface area contributed by atoms with Gasteiger partial charge in [0, 0.05) is 18.9 Å². The maximum absolute atomic E-state index is 12.9. The topological polar surface area (TPSA) is 66.1 Å². The normalized spacial score (nSPS) is 10.9. The Balaban J connectivity index is 1.90. The number of rotatable bonds is 4. The fraction of sp³-hybridized carbons (Fsp3) is 0.0952. The third-order valence-electron chi connectivity index (χ3n) is 4.34. The number of ether oxygens (including phenoxy) is 1. The van der Waals surface area contributed by atoms with Crippen molar-refractivity contribution in [3.8, 4) is 16.9 Å². The SMILES string of the molecule is COC(=O)c1cn(Cc2ccccc2)cc2c(=O)n(-c3ccccc3)nc1-2. The van der Waals surface area contributed by atoms with Crippen LogP contribution in [0.15, 0.2) is 77.9 Å². The highest BCUT2D eigenvalue weighted by atomic mass is 16.5. The molecule has 134 valence electrons. The van der Waals surface area contributed by atoms with Crippen LogP contribution < -0.4 is 5.56 Å². The van der Waals surface area contributed by atoms with Crippen molar-refractivity contribution in [1.82, 2.24) is 14.3 Å². The molecule has 0 saturated carbocycles. The molecule has 2 aromatic rings. The number of methoxy groups -OCH3 is 1. The fourth-order valence-electron chi connectivity index (χ4n) is 3.05. The van der Waals surface area contributed by atoms with Crippen LogP contribution in [0.25, 0.3) is 16.9 Å². The molecule has 0 atom stereocenters. The molecule has 0 bridgehead atoms. The molecule has 0 N–H and O–H groups in total. The zero-order valence-electron chi connectivity index (χ0n) is 14.7. The van der Waals surface area contributed by atoms with E-state index in [-0.39, 0.29) is 11.1 Å². The van der Waals surface area contributed by atoms with E-state index in [2.05, 4.69) is 5.10 Å². The summed E-state index contributed by atoms with van der Waals surface area (Å²) in [5.74, 6) is -0.528. The first kappa shape index (κ1) is 16.8. The average Bonchev–Trinajstić information content (AvgIpc) is 3.05. The zero-order chi connectivity index (χ0) is 18.8. The number of benzene rings is 2. The molecular weight excluding hydrogens is 342 g/mol. The fourth-order valence-corrected chi connectivity index (χ4v) is 3.05. The van der Waals surface area contributed by atoms with Crippen molar-refractivity contribution in [3.63, 3.8) is 0 Å². The number of pyridine rings is 1. The van der Waals surface area contributed by atoms with E-state index in [4.69, 9.17) is 4.74 Å². The van der Waals surface area contributed by atoms with E-state index >= 15 is 0 Å². The molecule has 0 amide bonds. The number of hydrogen-bond acceptors (Lipinski definition) is 4. The van der Waals surface area contributed by atoms with Crippen LogP contribution in [0.5, 0.6) is 0 Å². The van der Waals surface area contributed by atoms with Crippen LogP contribution in [-0.2, 0) is 11.3 Å². The number of para-hydroxylation sites is 1. The lowest BCUT2D eigenvalue weighted by Gasteiger charge is -2.11. The lowest BCUT2D eigenvalue weighted by atomic mass is 10.1. The number of nitrogens with zero attached hydrogens (tertiary/aromatic N) is 3. The Hall–Kier alpha value is -3.67. The summed E-state index contributed by atoms with van der Waals surface area (Å²) in [4.78, 5) is 25.2. The average molecular weight is 359 g/mol. The van der Waals surface area contributed by atoms with Crippen molar-refractivity contribution in [2.45, 2.75) is 6.54 Å². The summed E-state index contributed by atoms with van der Waals surface area (Å²) in [6.07, 6.45) is 3.40. The molecule has 6 heteroatoms. The van der Waals surface area contributed by atoms with Gasteiger partial charge in [-0.25, -0.2) is 4.79 Å². The van der Waals surface area contributed by atoms with Crippen LogP contribution in [0.3, 0.4) is 0 Å². The predicted octanol–water partition coefficient (Wildman–Crippen LogP) is 2.97. The van der Waals surface area contributed by atoms with E-state index in [9.17, 15) is 9.59 Å². The minimum Gasteiger partial charge on any atom is -0.465 e. The quantitative estimate of drug-likeness (QED) is 0.526. The second-order valence-electron chi connectivity index (χ2n) is 6.14. The van der Waals surface area contributed by atoms with Gasteiger partial charge in [-0.15, -0.1) is 0 Å². The van der Waals surface area contributed by atoms with Crippen molar-refractivity contribution < 1.29 is 9.53 Å². The Morgan fingerprint density at radius 2 is 1.67 bits per heavy atom. The Labute approximate surface area is 155 Å². The van der Waals surface area contributed by atoms with E-state index in [0.29, 0.717) is 23.5 Å². The molecule has 0 saturated heterocycles. The molecule has 2 aromatic carbocycles. The molecule has 2 aliphatic rings. The Morgan fingerprint density at radius 3 is 2.33 bits per heavy atom. The summed E-state index contributed by atoms with van der Waals surface area (Å²) in [7, 11) is 1.31. The van der Waals surface area contributed by atoms with Gasteiger partial charge < -0.3 is 9.30 Å². The summed E-state index contributed by atoms with van der Waals surface area (Å²) in [6.45, 7) is 0.525. The number of hydrogen-bond donors (Lipinski definition) is 0. The summed E-state index contributed by atoms with van der Waals surface area (Å²) in [5.41, 5.74) is 2.39. The van der Waals surface area contributed by atoms with Crippen molar-refractivity contribution in [3.05, 3.63) is 94.5 Å². The number of carbonyl (C=O) groups is 1. The van der Waals surface area contributed by atoms with E-state index in [1.54, 1.807) is 24.5 Å². The number of aromatic nitrogens is 3. The standard InChI is InChI=1S/C21H17N3O3/c1-27-21(26)18-14-23(12-15-8-4-2-5-9-15)13-17-19(18)22-24(20(17)25)16-10-6-3-7-11-16/h2-11,13-14H,12H2,1H3. The van der Waals surface area contributed by atoms with Gasteiger partial charge in [0.15, 0.2) is 0 Å². The molecule has 0 unspecified atom stereocenters. The minimum absolute atomic E-state index is 0.262. The van der Waals surface area contributed by atoms with E-state index in [0.717, 1.165) is 5.56 Å². The molecular formula is C21H17N3O3. The van der Waals surface area contributed by atoms with E-state index < -0.39 is 5.97 Å². The summed E-state index contributed by atoms with van der Waals surface area (Å²) >= 11 is 0. The third-order valence-corrected chi connectivity index (χ3v) is 4.34. The monoisotopic (exact) mass is 359 g/mol. The van der Waals surface area contributed by atoms with Gasteiger partial charge in [-0.3, -0.25) is 4.79 Å². The minimum atomic E-state index is -0.528. The summed E-state index contributed by atoms with van der Waals surface area (Å²) in [5, 5.41) is 4.39. The maximum atomic E-state index is 12.9. The molecule has 6 nitrogen and oxygen atoms in total. The maximum Gasteiger partial charge on any atom is 0.341 e. The smallest absolute Gasteiger partial charge is 0.341 e. The van der Waals surface area contributed by atoms with Gasteiger partial charge in [0.1, 0.15) is 11.3 Å². The highest BCUT2D eigenvalue weighted by Gasteiger charge is 2.24. The van der Waals surface area contributed by atoms with Crippen molar-refractivity contribution in [1.29, 1.82) is 0 Å². The molecule has 0 spiro atoms. The first-order chi connectivity index (χ1) is 13.2. The lowest BCUT2D eigenvalue weighted by molar-refractivity contribution is 0.0600. The Morgan fingerprint density at radius 1 is 1.00 bits per heavy atom. The third kappa shape index (κ3) is 3.13. The largest absolute Gasteiger partial charge is 0.465 e. The molecule has 4 rings (SSSR count). The highest BCUT2D eigenvalue weighted by Crippen LogP contribution is 2.23. The number of carbonyl (C=O) groups excluding carboxylic acids is 1.